The van der Waals surface area contributed by atoms with Crippen molar-refractivity contribution in [1.82, 2.24) is 15.0 Å². The average molecular weight is 442 g/mol. The maximum absolute atomic E-state index is 12.7. The summed E-state index contributed by atoms with van der Waals surface area (Å²) in [5.74, 6) is 0.686. The standard InChI is InChI=1S/C25H23N5OS/c1-4-30-16(3)26-20-14-18(9-11-22(20)30)25(31)29-28-15(2)17-10-12-24-21(13-17)27-19-7-5-6-8-23(19)32-24/h5-14,27H,4H2,1-3H3,(H,29,31)/b28-15+. The fourth-order valence-electron chi connectivity index (χ4n) is 3.92. The number of amides is 1. The smallest absolute Gasteiger partial charge is 0.271 e. The minimum Gasteiger partial charge on any atom is -0.354 e. The van der Waals surface area contributed by atoms with Crippen molar-refractivity contribution >= 4 is 45.8 Å². The molecule has 7 heteroatoms. The summed E-state index contributed by atoms with van der Waals surface area (Å²) in [5, 5.41) is 7.82. The molecule has 2 N–H and O–H groups in total. The van der Waals surface area contributed by atoms with E-state index in [0.717, 1.165) is 46.1 Å². The number of hydrogen-bond donors (Lipinski definition) is 2. The number of benzene rings is 3. The van der Waals surface area contributed by atoms with Gasteiger partial charge in [-0.1, -0.05) is 30.0 Å². The first-order chi connectivity index (χ1) is 15.5. The van der Waals surface area contributed by atoms with E-state index in [1.807, 2.05) is 50.2 Å². The number of fused-ring (bicyclic) bond motifs is 3. The molecule has 1 amide bonds. The number of nitrogens with zero attached hydrogens (tertiary/aromatic N) is 3. The molecular formula is C25H23N5OS. The molecular weight excluding hydrogens is 418 g/mol. The molecule has 0 saturated heterocycles. The second-order valence-corrected chi connectivity index (χ2v) is 8.76. The van der Waals surface area contributed by atoms with Crippen molar-refractivity contribution in [1.29, 1.82) is 0 Å². The van der Waals surface area contributed by atoms with Crippen LogP contribution in [-0.4, -0.2) is 21.2 Å². The lowest BCUT2D eigenvalue weighted by molar-refractivity contribution is 0.0955. The molecule has 0 radical (unpaired) electrons. The number of nitrogens with one attached hydrogen (secondary N) is 2. The Morgan fingerprint density at radius 2 is 1.84 bits per heavy atom. The van der Waals surface area contributed by atoms with Gasteiger partial charge in [0.05, 0.1) is 28.1 Å². The third-order valence-corrected chi connectivity index (χ3v) is 6.77. The van der Waals surface area contributed by atoms with E-state index < -0.39 is 0 Å². The number of imidazole rings is 1. The Morgan fingerprint density at radius 1 is 1.06 bits per heavy atom. The van der Waals surface area contributed by atoms with E-state index in [4.69, 9.17) is 0 Å². The van der Waals surface area contributed by atoms with Crippen molar-refractivity contribution in [3.05, 3.63) is 77.6 Å². The van der Waals surface area contributed by atoms with Gasteiger partial charge in [0.2, 0.25) is 0 Å². The van der Waals surface area contributed by atoms with Crippen molar-refractivity contribution < 1.29 is 4.79 Å². The van der Waals surface area contributed by atoms with Gasteiger partial charge in [-0.15, -0.1) is 0 Å². The van der Waals surface area contributed by atoms with E-state index in [-0.39, 0.29) is 5.91 Å². The molecule has 4 aromatic rings. The molecule has 0 saturated carbocycles. The number of hydrogen-bond acceptors (Lipinski definition) is 5. The predicted octanol–water partition coefficient (Wildman–Crippen LogP) is 5.73. The van der Waals surface area contributed by atoms with E-state index in [1.54, 1.807) is 11.8 Å². The van der Waals surface area contributed by atoms with Gasteiger partial charge in [-0.25, -0.2) is 10.4 Å². The topological polar surface area (TPSA) is 71.3 Å². The summed E-state index contributed by atoms with van der Waals surface area (Å²) in [5.41, 5.74) is 8.89. The van der Waals surface area contributed by atoms with Gasteiger partial charge in [-0.05, 0) is 68.8 Å². The third kappa shape index (κ3) is 3.65. The summed E-state index contributed by atoms with van der Waals surface area (Å²) in [6.07, 6.45) is 0. The van der Waals surface area contributed by atoms with Gasteiger partial charge in [-0.3, -0.25) is 4.79 Å². The maximum atomic E-state index is 12.7. The highest BCUT2D eigenvalue weighted by atomic mass is 32.2. The van der Waals surface area contributed by atoms with Crippen LogP contribution in [0.4, 0.5) is 11.4 Å². The molecule has 0 bridgehead atoms. The highest BCUT2D eigenvalue weighted by Gasteiger charge is 2.16. The van der Waals surface area contributed by atoms with Gasteiger partial charge < -0.3 is 9.88 Å². The summed E-state index contributed by atoms with van der Waals surface area (Å²) >= 11 is 1.74. The first-order valence-electron chi connectivity index (χ1n) is 10.5. The Bertz CT molecular complexity index is 1390. The summed E-state index contributed by atoms with van der Waals surface area (Å²) in [6.45, 7) is 6.79. The third-order valence-electron chi connectivity index (χ3n) is 5.62. The fraction of sp³-hybridized carbons (Fsp3) is 0.160. The SMILES string of the molecule is CCn1c(C)nc2cc(C(=O)N/N=C(\C)c3ccc4c(c3)Nc3ccccc3S4)ccc21. The number of carbonyl (C=O) groups is 1. The van der Waals surface area contributed by atoms with Crippen LogP contribution in [0.3, 0.4) is 0 Å². The van der Waals surface area contributed by atoms with Gasteiger partial charge in [0.25, 0.3) is 5.91 Å². The molecule has 32 heavy (non-hydrogen) atoms. The largest absolute Gasteiger partial charge is 0.354 e. The van der Waals surface area contributed by atoms with Crippen molar-refractivity contribution in [2.75, 3.05) is 5.32 Å². The van der Waals surface area contributed by atoms with Crippen LogP contribution in [0.1, 0.15) is 35.6 Å². The van der Waals surface area contributed by atoms with Gasteiger partial charge in [0.15, 0.2) is 0 Å². The first-order valence-corrected chi connectivity index (χ1v) is 11.3. The number of aromatic nitrogens is 2. The van der Waals surface area contributed by atoms with Gasteiger partial charge >= 0.3 is 0 Å². The zero-order chi connectivity index (χ0) is 22.2. The molecule has 0 atom stereocenters. The van der Waals surface area contributed by atoms with E-state index in [9.17, 15) is 4.79 Å². The lowest BCUT2D eigenvalue weighted by Gasteiger charge is -2.21. The number of aryl methyl sites for hydroxylation is 2. The molecule has 5 rings (SSSR count). The van der Waals surface area contributed by atoms with E-state index >= 15 is 0 Å². The Kier molecular flexibility index (Phi) is 5.19. The maximum Gasteiger partial charge on any atom is 0.271 e. The lowest BCUT2D eigenvalue weighted by atomic mass is 10.1. The van der Waals surface area contributed by atoms with Crippen molar-refractivity contribution in [2.24, 2.45) is 5.10 Å². The Hall–Kier alpha value is -3.58. The molecule has 2 heterocycles. The van der Waals surface area contributed by atoms with Crippen molar-refractivity contribution in [3.63, 3.8) is 0 Å². The normalized spacial score (nSPS) is 12.8. The highest BCUT2D eigenvalue weighted by Crippen LogP contribution is 2.44. The summed E-state index contributed by atoms with van der Waals surface area (Å²) in [4.78, 5) is 19.6. The molecule has 1 aromatic heterocycles. The molecule has 1 aliphatic rings. The van der Waals surface area contributed by atoms with Gasteiger partial charge in [-0.2, -0.15) is 5.10 Å². The number of hydrazone groups is 1. The van der Waals surface area contributed by atoms with Crippen LogP contribution in [0.15, 0.2) is 75.6 Å². The minimum atomic E-state index is -0.254. The summed E-state index contributed by atoms with van der Waals surface area (Å²) < 4.78 is 2.13. The summed E-state index contributed by atoms with van der Waals surface area (Å²) in [7, 11) is 0. The van der Waals surface area contributed by atoms with Crippen LogP contribution in [0.25, 0.3) is 11.0 Å². The predicted molar refractivity (Wildman–Crippen MR) is 130 cm³/mol. The Morgan fingerprint density at radius 3 is 2.69 bits per heavy atom. The zero-order valence-corrected chi connectivity index (χ0v) is 19.0. The lowest BCUT2D eigenvalue weighted by Crippen LogP contribution is -2.19. The molecule has 0 unspecified atom stereocenters. The monoisotopic (exact) mass is 441 g/mol. The van der Waals surface area contributed by atoms with Crippen LogP contribution < -0.4 is 10.7 Å². The molecule has 160 valence electrons. The van der Waals surface area contributed by atoms with Crippen LogP contribution in [0.2, 0.25) is 0 Å². The number of para-hydroxylation sites is 1. The molecule has 6 nitrogen and oxygen atoms in total. The Balaban J connectivity index is 1.34. The second kappa shape index (κ2) is 8.16. The van der Waals surface area contributed by atoms with E-state index in [2.05, 4.69) is 56.6 Å². The Labute approximate surface area is 190 Å². The zero-order valence-electron chi connectivity index (χ0n) is 18.1. The van der Waals surface area contributed by atoms with Crippen LogP contribution >= 0.6 is 11.8 Å². The molecule has 1 aliphatic heterocycles. The molecule has 0 fully saturated rings. The summed E-state index contributed by atoms with van der Waals surface area (Å²) in [6, 6.07) is 20.0. The average Bonchev–Trinajstić information content (AvgIpc) is 3.14. The number of anilines is 2. The van der Waals surface area contributed by atoms with Crippen molar-refractivity contribution in [3.8, 4) is 0 Å². The minimum absolute atomic E-state index is 0.254. The van der Waals surface area contributed by atoms with E-state index in [0.29, 0.717) is 5.56 Å². The van der Waals surface area contributed by atoms with Crippen LogP contribution in [0, 0.1) is 6.92 Å². The fourth-order valence-corrected chi connectivity index (χ4v) is 4.89. The highest BCUT2D eigenvalue weighted by molar-refractivity contribution is 7.99. The number of carbonyl (C=O) groups excluding carboxylic acids is 1. The molecule has 3 aromatic carbocycles. The molecule has 0 aliphatic carbocycles. The second-order valence-electron chi connectivity index (χ2n) is 7.68. The number of rotatable bonds is 4. The van der Waals surface area contributed by atoms with Crippen LogP contribution in [0.5, 0.6) is 0 Å². The van der Waals surface area contributed by atoms with E-state index in [1.165, 1.54) is 9.79 Å². The van der Waals surface area contributed by atoms with Crippen LogP contribution in [-0.2, 0) is 6.54 Å². The van der Waals surface area contributed by atoms with Crippen molar-refractivity contribution in [2.45, 2.75) is 37.1 Å². The van der Waals surface area contributed by atoms with Gasteiger partial charge in [0, 0.05) is 21.9 Å². The van der Waals surface area contributed by atoms with Gasteiger partial charge in [0.1, 0.15) is 5.82 Å². The molecule has 0 spiro atoms. The quantitative estimate of drug-likeness (QED) is 0.276. The first kappa shape index (κ1) is 20.3.